The highest BCUT2D eigenvalue weighted by Gasteiger charge is 2.14. The molecule has 108 valence electrons. The number of aryl methyl sites for hydroxylation is 1. The topological polar surface area (TPSA) is 44.5 Å². The fourth-order valence-electron chi connectivity index (χ4n) is 1.68. The Morgan fingerprint density at radius 1 is 1.37 bits per heavy atom. The number of halogens is 3. The summed E-state index contributed by atoms with van der Waals surface area (Å²) >= 11 is 3.44. The third-order valence-corrected chi connectivity index (χ3v) is 3.58. The van der Waals surface area contributed by atoms with Gasteiger partial charge < -0.3 is 15.2 Å². The van der Waals surface area contributed by atoms with Crippen LogP contribution in [0.3, 0.4) is 0 Å². The molecule has 1 aromatic carbocycles. The first-order chi connectivity index (χ1) is 8.95. The molecule has 1 unspecified atom stereocenters. The highest BCUT2D eigenvalue weighted by atomic mass is 79.9. The van der Waals surface area contributed by atoms with Crippen LogP contribution in [0.4, 0.5) is 8.78 Å². The fraction of sp³-hybridized carbons (Fsp3) is 0.538. The van der Waals surface area contributed by atoms with Crippen LogP contribution in [0.15, 0.2) is 16.6 Å². The van der Waals surface area contributed by atoms with Crippen molar-refractivity contribution in [1.29, 1.82) is 0 Å². The highest BCUT2D eigenvalue weighted by Crippen LogP contribution is 2.31. The molecule has 0 fully saturated rings. The molecule has 1 atom stereocenters. The Hall–Kier alpha value is -0.720. The van der Waals surface area contributed by atoms with Gasteiger partial charge in [-0.3, -0.25) is 0 Å². The average Bonchev–Trinajstić information content (AvgIpc) is 2.36. The fourth-order valence-corrected chi connectivity index (χ4v) is 2.04. The van der Waals surface area contributed by atoms with Crippen LogP contribution in [0.2, 0.25) is 0 Å². The van der Waals surface area contributed by atoms with E-state index in [9.17, 15) is 8.78 Å². The minimum absolute atomic E-state index is 0.195. The van der Waals surface area contributed by atoms with Gasteiger partial charge in [-0.15, -0.1) is 0 Å². The molecule has 19 heavy (non-hydrogen) atoms. The maximum absolute atomic E-state index is 11.9. The number of rotatable bonds is 7. The van der Waals surface area contributed by atoms with E-state index in [1.54, 1.807) is 7.11 Å². The lowest BCUT2D eigenvalue weighted by atomic mass is 10.0. The molecule has 0 aromatic heterocycles. The molecule has 1 rings (SSSR count). The smallest absolute Gasteiger partial charge is 0.261 e. The first-order valence-electron chi connectivity index (χ1n) is 5.91. The van der Waals surface area contributed by atoms with Gasteiger partial charge in [-0.05, 0) is 31.0 Å². The minimum atomic E-state index is -2.45. The van der Waals surface area contributed by atoms with Crippen molar-refractivity contribution in [2.75, 3.05) is 20.3 Å². The maximum atomic E-state index is 11.9. The normalized spacial score (nSPS) is 12.8. The molecule has 0 radical (unpaired) electrons. The summed E-state index contributed by atoms with van der Waals surface area (Å²) < 4.78 is 34.9. The van der Waals surface area contributed by atoms with Gasteiger partial charge in [0.05, 0.1) is 7.11 Å². The number of alkyl halides is 2. The second kappa shape index (κ2) is 7.77. The highest BCUT2D eigenvalue weighted by molar-refractivity contribution is 9.10. The van der Waals surface area contributed by atoms with Crippen LogP contribution in [0.25, 0.3) is 0 Å². The third-order valence-electron chi connectivity index (χ3n) is 2.73. The van der Waals surface area contributed by atoms with Gasteiger partial charge in [0.25, 0.3) is 6.43 Å². The van der Waals surface area contributed by atoms with Crippen molar-refractivity contribution in [3.63, 3.8) is 0 Å². The van der Waals surface area contributed by atoms with Crippen LogP contribution in [0, 0.1) is 6.92 Å². The summed E-state index contributed by atoms with van der Waals surface area (Å²) in [5.41, 5.74) is 7.92. The van der Waals surface area contributed by atoms with Crippen molar-refractivity contribution in [1.82, 2.24) is 0 Å². The third kappa shape index (κ3) is 5.04. The largest absolute Gasteiger partial charge is 0.496 e. The van der Waals surface area contributed by atoms with Gasteiger partial charge in [0.2, 0.25) is 0 Å². The Morgan fingerprint density at radius 3 is 2.63 bits per heavy atom. The Morgan fingerprint density at radius 2 is 2.05 bits per heavy atom. The summed E-state index contributed by atoms with van der Waals surface area (Å²) in [6.45, 7) is 1.59. The van der Waals surface area contributed by atoms with Crippen molar-refractivity contribution in [2.45, 2.75) is 25.8 Å². The number of ether oxygens (including phenoxy) is 2. The van der Waals surface area contributed by atoms with Crippen LogP contribution < -0.4 is 10.5 Å². The summed E-state index contributed by atoms with van der Waals surface area (Å²) in [4.78, 5) is 0. The Kier molecular flexibility index (Phi) is 6.68. The molecule has 6 heteroatoms. The van der Waals surface area contributed by atoms with Crippen molar-refractivity contribution < 1.29 is 18.3 Å². The van der Waals surface area contributed by atoms with Crippen molar-refractivity contribution >= 4 is 15.9 Å². The summed E-state index contributed by atoms with van der Waals surface area (Å²) in [6, 6.07) is 3.47. The number of hydrogen-bond acceptors (Lipinski definition) is 3. The lowest BCUT2D eigenvalue weighted by molar-refractivity contribution is 0.0152. The van der Waals surface area contributed by atoms with E-state index in [1.165, 1.54) is 0 Å². The van der Waals surface area contributed by atoms with Gasteiger partial charge in [0.15, 0.2) is 0 Å². The van der Waals surface area contributed by atoms with Crippen LogP contribution in [0.5, 0.6) is 5.75 Å². The molecule has 0 heterocycles. The summed E-state index contributed by atoms with van der Waals surface area (Å²) in [7, 11) is 1.58. The summed E-state index contributed by atoms with van der Waals surface area (Å²) in [6.07, 6.45) is -1.99. The minimum Gasteiger partial charge on any atom is -0.496 e. The number of nitrogens with two attached hydrogens (primary N) is 1. The number of benzene rings is 1. The van der Waals surface area contributed by atoms with Gasteiger partial charge in [-0.2, -0.15) is 0 Å². The lowest BCUT2D eigenvalue weighted by Crippen LogP contribution is -2.16. The first-order valence-corrected chi connectivity index (χ1v) is 6.70. The van der Waals surface area contributed by atoms with Crippen LogP contribution in [-0.2, 0) is 4.74 Å². The SMILES string of the molecule is COc1cc(C)c(Br)cc1C(N)CCOCC(F)F. The van der Waals surface area contributed by atoms with Crippen LogP contribution >= 0.6 is 15.9 Å². The Balaban J connectivity index is 2.65. The van der Waals surface area contributed by atoms with Gasteiger partial charge in [-0.1, -0.05) is 15.9 Å². The molecule has 0 saturated carbocycles. The Labute approximate surface area is 120 Å². The van der Waals surface area contributed by atoms with Gasteiger partial charge in [-0.25, -0.2) is 8.78 Å². The van der Waals surface area contributed by atoms with E-state index in [0.717, 1.165) is 15.6 Å². The summed E-state index contributed by atoms with van der Waals surface area (Å²) in [5, 5.41) is 0. The average molecular weight is 338 g/mol. The van der Waals surface area contributed by atoms with E-state index in [0.29, 0.717) is 12.2 Å². The van der Waals surface area contributed by atoms with Gasteiger partial charge >= 0.3 is 0 Å². The van der Waals surface area contributed by atoms with Crippen molar-refractivity contribution in [2.24, 2.45) is 5.73 Å². The van der Waals surface area contributed by atoms with E-state index in [2.05, 4.69) is 15.9 Å². The molecule has 1 aromatic rings. The molecule has 0 spiro atoms. The predicted molar refractivity (Wildman–Crippen MR) is 73.8 cm³/mol. The van der Waals surface area contributed by atoms with Crippen molar-refractivity contribution in [3.8, 4) is 5.75 Å². The Bertz CT molecular complexity index is 416. The standard InChI is InChI=1S/C13H18BrF2NO2/c1-8-5-12(18-2)9(6-10(8)14)11(17)3-4-19-7-13(15)16/h5-6,11,13H,3-4,7,17H2,1-2H3. The van der Waals surface area contributed by atoms with Crippen LogP contribution in [-0.4, -0.2) is 26.7 Å². The molecule has 0 amide bonds. The number of methoxy groups -OCH3 is 1. The van der Waals surface area contributed by atoms with Gasteiger partial charge in [0, 0.05) is 22.7 Å². The molecule has 0 aliphatic rings. The van der Waals surface area contributed by atoms with E-state index < -0.39 is 13.0 Å². The maximum Gasteiger partial charge on any atom is 0.261 e. The summed E-state index contributed by atoms with van der Waals surface area (Å²) in [5.74, 6) is 0.696. The quantitative estimate of drug-likeness (QED) is 0.775. The van der Waals surface area contributed by atoms with Crippen molar-refractivity contribution in [3.05, 3.63) is 27.7 Å². The van der Waals surface area contributed by atoms with E-state index >= 15 is 0 Å². The van der Waals surface area contributed by atoms with E-state index in [4.69, 9.17) is 15.2 Å². The van der Waals surface area contributed by atoms with Crippen LogP contribution in [0.1, 0.15) is 23.6 Å². The lowest BCUT2D eigenvalue weighted by Gasteiger charge is -2.17. The molecule has 0 aliphatic heterocycles. The van der Waals surface area contributed by atoms with E-state index in [-0.39, 0.29) is 12.6 Å². The zero-order valence-electron chi connectivity index (χ0n) is 11.0. The molecule has 0 bridgehead atoms. The van der Waals surface area contributed by atoms with Gasteiger partial charge in [0.1, 0.15) is 12.4 Å². The van der Waals surface area contributed by atoms with E-state index in [1.807, 2.05) is 19.1 Å². The predicted octanol–water partition coefficient (Wildman–Crippen LogP) is 3.44. The zero-order chi connectivity index (χ0) is 14.4. The zero-order valence-corrected chi connectivity index (χ0v) is 12.5. The second-order valence-electron chi connectivity index (χ2n) is 4.20. The second-order valence-corrected chi connectivity index (χ2v) is 5.06. The molecule has 3 nitrogen and oxygen atoms in total. The molecular weight excluding hydrogens is 320 g/mol. The molecule has 0 saturated heterocycles. The monoisotopic (exact) mass is 337 g/mol. The number of hydrogen-bond donors (Lipinski definition) is 1. The molecular formula is C13H18BrF2NO2. The molecule has 0 aliphatic carbocycles. The first kappa shape index (κ1) is 16.3. The molecule has 2 N–H and O–H groups in total.